The molecular weight excluding hydrogens is 413 g/mol. The summed E-state index contributed by atoms with van der Waals surface area (Å²) < 4.78 is 39.6. The molecule has 0 aliphatic carbocycles. The highest BCUT2D eigenvalue weighted by molar-refractivity contribution is 9.11. The molecule has 1 heterocycles. The third-order valence-electron chi connectivity index (χ3n) is 3.61. The lowest BCUT2D eigenvalue weighted by atomic mass is 9.99. The van der Waals surface area contributed by atoms with Crippen LogP contribution in [0.2, 0.25) is 0 Å². The van der Waals surface area contributed by atoms with Crippen molar-refractivity contribution in [3.8, 4) is 0 Å². The van der Waals surface area contributed by atoms with Crippen LogP contribution in [-0.2, 0) is 0 Å². The van der Waals surface area contributed by atoms with Gasteiger partial charge in [-0.05, 0) is 30.2 Å². The molecule has 0 spiro atoms. The molecule has 1 aliphatic rings. The number of piperazine rings is 1. The Hall–Kier alpha value is -0.110. The summed E-state index contributed by atoms with van der Waals surface area (Å²) in [6.07, 6.45) is -4.80. The standard InChI is InChI=1S/C14H17Br2F3N2/c15-10-1-2-12(16)11(9-10)13(3-4-14(17,18)19)21-7-5-20-6-8-21/h1-2,9,13,20H,3-8H2/t13-/m1/s1. The number of halogens is 5. The molecule has 1 saturated heterocycles. The zero-order valence-electron chi connectivity index (χ0n) is 11.4. The van der Waals surface area contributed by atoms with Crippen molar-refractivity contribution in [3.63, 3.8) is 0 Å². The second kappa shape index (κ2) is 7.44. The van der Waals surface area contributed by atoms with Gasteiger partial charge in [-0.25, -0.2) is 0 Å². The van der Waals surface area contributed by atoms with Gasteiger partial charge in [0.2, 0.25) is 0 Å². The molecule has 1 aromatic carbocycles. The Kier molecular flexibility index (Phi) is 6.11. The molecule has 1 fully saturated rings. The fraction of sp³-hybridized carbons (Fsp3) is 0.571. The van der Waals surface area contributed by atoms with Crippen LogP contribution in [0.3, 0.4) is 0 Å². The monoisotopic (exact) mass is 428 g/mol. The van der Waals surface area contributed by atoms with Gasteiger partial charge in [-0.2, -0.15) is 13.2 Å². The summed E-state index contributed by atoms with van der Waals surface area (Å²) in [4.78, 5) is 2.13. The summed E-state index contributed by atoms with van der Waals surface area (Å²) in [6.45, 7) is 3.16. The number of hydrogen-bond donors (Lipinski definition) is 1. The largest absolute Gasteiger partial charge is 0.389 e. The topological polar surface area (TPSA) is 15.3 Å². The van der Waals surface area contributed by atoms with Crippen molar-refractivity contribution in [1.29, 1.82) is 0 Å². The molecule has 1 N–H and O–H groups in total. The van der Waals surface area contributed by atoms with Crippen molar-refractivity contribution in [2.45, 2.75) is 25.1 Å². The van der Waals surface area contributed by atoms with E-state index in [9.17, 15) is 13.2 Å². The van der Waals surface area contributed by atoms with Crippen LogP contribution in [0.5, 0.6) is 0 Å². The second-order valence-corrected chi connectivity index (χ2v) is 6.89. The highest BCUT2D eigenvalue weighted by Crippen LogP contribution is 2.36. The molecule has 1 aliphatic heterocycles. The van der Waals surface area contributed by atoms with E-state index in [0.29, 0.717) is 0 Å². The minimum atomic E-state index is -4.12. The van der Waals surface area contributed by atoms with E-state index in [0.717, 1.165) is 40.7 Å². The Morgan fingerprint density at radius 3 is 2.48 bits per heavy atom. The van der Waals surface area contributed by atoms with Gasteiger partial charge >= 0.3 is 6.18 Å². The first kappa shape index (κ1) is 17.2. The molecular formula is C14H17Br2F3N2. The van der Waals surface area contributed by atoms with Crippen molar-refractivity contribution in [3.05, 3.63) is 32.7 Å². The first-order chi connectivity index (χ1) is 9.87. The molecule has 21 heavy (non-hydrogen) atoms. The molecule has 1 aromatic rings. The third kappa shape index (κ3) is 5.23. The molecule has 1 atom stereocenters. The van der Waals surface area contributed by atoms with E-state index >= 15 is 0 Å². The van der Waals surface area contributed by atoms with Crippen LogP contribution in [0.1, 0.15) is 24.4 Å². The van der Waals surface area contributed by atoms with Gasteiger partial charge in [-0.15, -0.1) is 0 Å². The van der Waals surface area contributed by atoms with Crippen LogP contribution in [-0.4, -0.2) is 37.3 Å². The van der Waals surface area contributed by atoms with E-state index in [2.05, 4.69) is 42.1 Å². The summed E-state index contributed by atoms with van der Waals surface area (Å²) in [5.41, 5.74) is 0.913. The summed E-state index contributed by atoms with van der Waals surface area (Å²) in [7, 11) is 0. The van der Waals surface area contributed by atoms with Gasteiger partial charge in [0.1, 0.15) is 0 Å². The Morgan fingerprint density at radius 1 is 1.19 bits per heavy atom. The van der Waals surface area contributed by atoms with Crippen molar-refractivity contribution in [2.24, 2.45) is 0 Å². The van der Waals surface area contributed by atoms with E-state index in [1.807, 2.05) is 18.2 Å². The van der Waals surface area contributed by atoms with Crippen LogP contribution in [0.15, 0.2) is 27.1 Å². The van der Waals surface area contributed by atoms with Gasteiger partial charge in [0.15, 0.2) is 0 Å². The summed E-state index contributed by atoms with van der Waals surface area (Å²) >= 11 is 6.88. The minimum Gasteiger partial charge on any atom is -0.314 e. The fourth-order valence-electron chi connectivity index (χ4n) is 2.60. The first-order valence-corrected chi connectivity index (χ1v) is 8.42. The van der Waals surface area contributed by atoms with E-state index < -0.39 is 12.6 Å². The molecule has 0 amide bonds. The average Bonchev–Trinajstić information content (AvgIpc) is 2.43. The molecule has 0 bridgehead atoms. The highest BCUT2D eigenvalue weighted by Gasteiger charge is 2.32. The molecule has 0 unspecified atom stereocenters. The maximum Gasteiger partial charge on any atom is 0.389 e. The third-order valence-corrected chi connectivity index (χ3v) is 4.83. The molecule has 0 saturated carbocycles. The molecule has 0 radical (unpaired) electrons. The number of hydrogen-bond acceptors (Lipinski definition) is 2. The molecule has 2 nitrogen and oxygen atoms in total. The zero-order chi connectivity index (χ0) is 15.5. The maximum absolute atomic E-state index is 12.6. The molecule has 2 rings (SSSR count). The number of rotatable bonds is 4. The van der Waals surface area contributed by atoms with Crippen LogP contribution >= 0.6 is 31.9 Å². The first-order valence-electron chi connectivity index (χ1n) is 6.83. The average molecular weight is 430 g/mol. The van der Waals surface area contributed by atoms with Gasteiger partial charge < -0.3 is 5.32 Å². The van der Waals surface area contributed by atoms with Gasteiger partial charge in [0.05, 0.1) is 0 Å². The second-order valence-electron chi connectivity index (χ2n) is 5.12. The quantitative estimate of drug-likeness (QED) is 0.757. The number of nitrogens with one attached hydrogen (secondary N) is 1. The van der Waals surface area contributed by atoms with Gasteiger partial charge in [0, 0.05) is 47.6 Å². The van der Waals surface area contributed by atoms with Crippen molar-refractivity contribution in [1.82, 2.24) is 10.2 Å². The normalized spacial score (nSPS) is 18.7. The van der Waals surface area contributed by atoms with E-state index in [-0.39, 0.29) is 12.5 Å². The lowest BCUT2D eigenvalue weighted by Gasteiger charge is -2.36. The summed E-state index contributed by atoms with van der Waals surface area (Å²) in [5, 5.41) is 3.23. The Morgan fingerprint density at radius 2 is 1.86 bits per heavy atom. The molecule has 0 aromatic heterocycles. The van der Waals surface area contributed by atoms with E-state index in [4.69, 9.17) is 0 Å². The highest BCUT2D eigenvalue weighted by atomic mass is 79.9. The number of alkyl halides is 3. The number of benzene rings is 1. The number of nitrogens with zero attached hydrogens (tertiary/aromatic N) is 1. The maximum atomic E-state index is 12.6. The van der Waals surface area contributed by atoms with Gasteiger partial charge in [-0.1, -0.05) is 31.9 Å². The smallest absolute Gasteiger partial charge is 0.314 e. The van der Waals surface area contributed by atoms with Crippen molar-refractivity contribution < 1.29 is 13.2 Å². The lowest BCUT2D eigenvalue weighted by molar-refractivity contribution is -0.138. The summed E-state index contributed by atoms with van der Waals surface area (Å²) in [6, 6.07) is 5.45. The molecule has 7 heteroatoms. The van der Waals surface area contributed by atoms with Crippen LogP contribution < -0.4 is 5.32 Å². The van der Waals surface area contributed by atoms with Crippen LogP contribution in [0.4, 0.5) is 13.2 Å². The Bertz CT molecular complexity index is 474. The van der Waals surface area contributed by atoms with Crippen LogP contribution in [0, 0.1) is 0 Å². The SMILES string of the molecule is FC(F)(F)CC[C@H](c1cc(Br)ccc1Br)N1CCNCC1. The van der Waals surface area contributed by atoms with Crippen molar-refractivity contribution in [2.75, 3.05) is 26.2 Å². The zero-order valence-corrected chi connectivity index (χ0v) is 14.6. The molecule has 118 valence electrons. The minimum absolute atomic E-state index is 0.0819. The van der Waals surface area contributed by atoms with Gasteiger partial charge in [0.25, 0.3) is 0 Å². The Labute approximate surface area is 139 Å². The van der Waals surface area contributed by atoms with Crippen LogP contribution in [0.25, 0.3) is 0 Å². The predicted octanol–water partition coefficient (Wildman–Crippen LogP) is 4.50. The van der Waals surface area contributed by atoms with E-state index in [1.54, 1.807) is 0 Å². The van der Waals surface area contributed by atoms with E-state index in [1.165, 1.54) is 0 Å². The van der Waals surface area contributed by atoms with Crippen molar-refractivity contribution >= 4 is 31.9 Å². The summed E-state index contributed by atoms with van der Waals surface area (Å²) in [5.74, 6) is 0. The van der Waals surface area contributed by atoms with Gasteiger partial charge in [-0.3, -0.25) is 4.90 Å². The Balaban J connectivity index is 2.23. The fourth-order valence-corrected chi connectivity index (χ4v) is 3.49. The predicted molar refractivity (Wildman–Crippen MR) is 84.3 cm³/mol. The lowest BCUT2D eigenvalue weighted by Crippen LogP contribution is -2.45.